The molecule has 16 heavy (non-hydrogen) atoms. The monoisotopic (exact) mass is 236 g/mol. The van der Waals surface area contributed by atoms with Crippen LogP contribution in [0.1, 0.15) is 39.0 Å². The fourth-order valence-electron chi connectivity index (χ4n) is 2.26. The Morgan fingerprint density at radius 2 is 2.06 bits per heavy atom. The summed E-state index contributed by atoms with van der Waals surface area (Å²) in [6.45, 7) is 8.91. The Morgan fingerprint density at radius 3 is 2.69 bits per heavy atom. The summed E-state index contributed by atoms with van der Waals surface area (Å²) in [5.41, 5.74) is 3.39. The van der Waals surface area contributed by atoms with Crippen LogP contribution in [0.3, 0.4) is 0 Å². The summed E-state index contributed by atoms with van der Waals surface area (Å²) in [6, 6.07) is 0. The minimum atomic E-state index is -1.20. The molecule has 0 aromatic carbocycles. The predicted octanol–water partition coefficient (Wildman–Crippen LogP) is 3.65. The molecule has 0 spiro atoms. The van der Waals surface area contributed by atoms with Gasteiger partial charge in [0, 0.05) is 18.8 Å². The summed E-state index contributed by atoms with van der Waals surface area (Å²) in [7, 11) is -1.20. The SMILES string of the molecule is CC1C(=O)CCCC1CCC#C[Si](C)(C)C. The third kappa shape index (κ3) is 4.53. The van der Waals surface area contributed by atoms with E-state index < -0.39 is 8.07 Å². The molecule has 1 nitrogen and oxygen atoms in total. The summed E-state index contributed by atoms with van der Waals surface area (Å²) in [4.78, 5) is 11.6. The van der Waals surface area contributed by atoms with Gasteiger partial charge in [-0.2, -0.15) is 0 Å². The molecule has 1 aliphatic carbocycles. The van der Waals surface area contributed by atoms with Crippen molar-refractivity contribution in [1.29, 1.82) is 0 Å². The zero-order chi connectivity index (χ0) is 12.2. The summed E-state index contributed by atoms with van der Waals surface area (Å²) < 4.78 is 0. The molecule has 90 valence electrons. The molecule has 0 saturated heterocycles. The van der Waals surface area contributed by atoms with Crippen LogP contribution in [0.2, 0.25) is 19.6 Å². The first-order valence-corrected chi connectivity index (χ1v) is 9.93. The molecule has 0 aromatic rings. The van der Waals surface area contributed by atoms with Crippen LogP contribution in [0.4, 0.5) is 0 Å². The van der Waals surface area contributed by atoms with E-state index in [-0.39, 0.29) is 5.92 Å². The summed E-state index contributed by atoms with van der Waals surface area (Å²) in [5.74, 6) is 4.65. The van der Waals surface area contributed by atoms with E-state index in [4.69, 9.17) is 0 Å². The van der Waals surface area contributed by atoms with Crippen molar-refractivity contribution in [3.63, 3.8) is 0 Å². The Hall–Kier alpha value is -0.553. The maximum Gasteiger partial charge on any atom is 0.135 e. The lowest BCUT2D eigenvalue weighted by molar-refractivity contribution is -0.126. The Labute approximate surface area is 101 Å². The molecule has 1 aliphatic rings. The van der Waals surface area contributed by atoms with Crippen molar-refractivity contribution < 1.29 is 4.79 Å². The maximum absolute atomic E-state index is 11.6. The highest BCUT2D eigenvalue weighted by atomic mass is 28.3. The van der Waals surface area contributed by atoms with Gasteiger partial charge in [-0.1, -0.05) is 26.6 Å². The molecule has 0 aliphatic heterocycles. The van der Waals surface area contributed by atoms with Crippen LogP contribution in [0.25, 0.3) is 0 Å². The van der Waals surface area contributed by atoms with Gasteiger partial charge in [-0.25, -0.2) is 0 Å². The number of hydrogen-bond acceptors (Lipinski definition) is 1. The standard InChI is InChI=1S/C14H24OSi/c1-12-13(9-7-10-14(12)15)8-5-6-11-16(2,3)4/h12-13H,5,7-10H2,1-4H3. The zero-order valence-electron chi connectivity index (χ0n) is 11.1. The van der Waals surface area contributed by atoms with Crippen LogP contribution >= 0.6 is 0 Å². The molecule has 1 rings (SSSR count). The molecular weight excluding hydrogens is 212 g/mol. The average Bonchev–Trinajstić information content (AvgIpc) is 2.17. The predicted molar refractivity (Wildman–Crippen MR) is 71.9 cm³/mol. The van der Waals surface area contributed by atoms with E-state index in [1.165, 1.54) is 6.42 Å². The van der Waals surface area contributed by atoms with E-state index in [0.29, 0.717) is 11.7 Å². The topological polar surface area (TPSA) is 17.1 Å². The first kappa shape index (κ1) is 13.5. The van der Waals surface area contributed by atoms with E-state index in [2.05, 4.69) is 38.0 Å². The van der Waals surface area contributed by atoms with Gasteiger partial charge in [-0.05, 0) is 25.2 Å². The second kappa shape index (κ2) is 5.68. The van der Waals surface area contributed by atoms with Gasteiger partial charge in [0.2, 0.25) is 0 Å². The molecule has 2 heteroatoms. The third-order valence-corrected chi connectivity index (χ3v) is 4.24. The number of rotatable bonds is 2. The summed E-state index contributed by atoms with van der Waals surface area (Å²) >= 11 is 0. The molecule has 0 amide bonds. The third-order valence-electron chi connectivity index (χ3n) is 3.32. The number of carbonyl (C=O) groups is 1. The highest BCUT2D eigenvalue weighted by Gasteiger charge is 2.27. The average molecular weight is 236 g/mol. The highest BCUT2D eigenvalue weighted by Crippen LogP contribution is 2.30. The van der Waals surface area contributed by atoms with Crippen molar-refractivity contribution in [2.75, 3.05) is 0 Å². The van der Waals surface area contributed by atoms with Crippen molar-refractivity contribution in [3.05, 3.63) is 0 Å². The summed E-state index contributed by atoms with van der Waals surface area (Å²) in [6.07, 6.45) is 5.21. The van der Waals surface area contributed by atoms with Crippen molar-refractivity contribution in [2.45, 2.75) is 58.7 Å². The molecule has 2 unspecified atom stereocenters. The van der Waals surface area contributed by atoms with Gasteiger partial charge >= 0.3 is 0 Å². The maximum atomic E-state index is 11.6. The van der Waals surface area contributed by atoms with E-state index >= 15 is 0 Å². The molecular formula is C14H24OSi. The van der Waals surface area contributed by atoms with Crippen LogP contribution in [-0.4, -0.2) is 13.9 Å². The molecule has 2 atom stereocenters. The molecule has 0 heterocycles. The molecule has 0 radical (unpaired) electrons. The number of carbonyl (C=O) groups excluding carboxylic acids is 1. The van der Waals surface area contributed by atoms with Gasteiger partial charge in [0.15, 0.2) is 0 Å². The number of Topliss-reactive ketones (excluding diaryl/α,β-unsaturated/α-hetero) is 1. The molecule has 1 saturated carbocycles. The fourth-order valence-corrected chi connectivity index (χ4v) is 2.91. The lowest BCUT2D eigenvalue weighted by Crippen LogP contribution is -2.25. The Morgan fingerprint density at radius 1 is 1.38 bits per heavy atom. The molecule has 1 fully saturated rings. The lowest BCUT2D eigenvalue weighted by Gasteiger charge is -2.26. The van der Waals surface area contributed by atoms with Gasteiger partial charge in [-0.15, -0.1) is 11.5 Å². The zero-order valence-corrected chi connectivity index (χ0v) is 12.1. The van der Waals surface area contributed by atoms with Gasteiger partial charge < -0.3 is 0 Å². The van der Waals surface area contributed by atoms with Crippen molar-refractivity contribution in [3.8, 4) is 11.5 Å². The first-order valence-electron chi connectivity index (χ1n) is 6.43. The molecule has 0 bridgehead atoms. The van der Waals surface area contributed by atoms with E-state index in [9.17, 15) is 4.79 Å². The van der Waals surface area contributed by atoms with Gasteiger partial charge in [0.1, 0.15) is 13.9 Å². The van der Waals surface area contributed by atoms with E-state index in [1.54, 1.807) is 0 Å². The van der Waals surface area contributed by atoms with Crippen LogP contribution in [0.15, 0.2) is 0 Å². The van der Waals surface area contributed by atoms with Crippen molar-refractivity contribution in [1.82, 2.24) is 0 Å². The minimum Gasteiger partial charge on any atom is -0.299 e. The highest BCUT2D eigenvalue weighted by molar-refractivity contribution is 6.83. The van der Waals surface area contributed by atoms with Gasteiger partial charge in [0.25, 0.3) is 0 Å². The van der Waals surface area contributed by atoms with E-state index in [1.807, 2.05) is 0 Å². The fraction of sp³-hybridized carbons (Fsp3) is 0.786. The van der Waals surface area contributed by atoms with Crippen LogP contribution < -0.4 is 0 Å². The second-order valence-corrected chi connectivity index (χ2v) is 10.7. The minimum absolute atomic E-state index is 0.280. The molecule has 0 N–H and O–H groups in total. The van der Waals surface area contributed by atoms with Gasteiger partial charge in [-0.3, -0.25) is 4.79 Å². The van der Waals surface area contributed by atoms with Crippen molar-refractivity contribution >= 4 is 13.9 Å². The van der Waals surface area contributed by atoms with E-state index in [0.717, 1.165) is 25.7 Å². The van der Waals surface area contributed by atoms with Crippen LogP contribution in [0.5, 0.6) is 0 Å². The van der Waals surface area contributed by atoms with Crippen molar-refractivity contribution in [2.24, 2.45) is 11.8 Å². The normalized spacial score (nSPS) is 26.1. The van der Waals surface area contributed by atoms with Gasteiger partial charge in [0.05, 0.1) is 0 Å². The second-order valence-electron chi connectivity index (χ2n) is 6.00. The van der Waals surface area contributed by atoms with Crippen LogP contribution in [-0.2, 0) is 4.79 Å². The molecule has 0 aromatic heterocycles. The Kier molecular flexibility index (Phi) is 4.80. The number of ketones is 1. The Bertz CT molecular complexity index is 303. The lowest BCUT2D eigenvalue weighted by atomic mass is 9.77. The van der Waals surface area contributed by atoms with Crippen LogP contribution in [0, 0.1) is 23.3 Å². The first-order chi connectivity index (χ1) is 7.40. The summed E-state index contributed by atoms with van der Waals surface area (Å²) in [5, 5.41) is 0. The largest absolute Gasteiger partial charge is 0.299 e. The Balaban J connectivity index is 2.37. The smallest absolute Gasteiger partial charge is 0.135 e. The number of hydrogen-bond donors (Lipinski definition) is 0. The quantitative estimate of drug-likeness (QED) is 0.528.